The zero-order valence-electron chi connectivity index (χ0n) is 7.76. The molecule has 11 heavy (non-hydrogen) atoms. The second-order valence-corrected chi connectivity index (χ2v) is 2.92. The minimum atomic E-state index is -0.126. The van der Waals surface area contributed by atoms with Crippen LogP contribution in [0.2, 0.25) is 0 Å². The van der Waals surface area contributed by atoms with Gasteiger partial charge in [-0.05, 0) is 21.0 Å². The molecular formula is C8H17NO2. The van der Waals surface area contributed by atoms with Crippen LogP contribution in [-0.2, 0) is 9.53 Å². The number of rotatable bonds is 4. The second-order valence-electron chi connectivity index (χ2n) is 2.92. The number of esters is 1. The van der Waals surface area contributed by atoms with Crippen LogP contribution in [0.25, 0.3) is 0 Å². The monoisotopic (exact) mass is 159 g/mol. The maximum atomic E-state index is 10.8. The third kappa shape index (κ3) is 5.85. The molecule has 0 N–H and O–H groups in total. The molecule has 1 atom stereocenters. The molecule has 66 valence electrons. The lowest BCUT2D eigenvalue weighted by Crippen LogP contribution is -2.27. The van der Waals surface area contributed by atoms with Gasteiger partial charge in [0.2, 0.25) is 0 Å². The summed E-state index contributed by atoms with van der Waals surface area (Å²) in [6.07, 6.45) is 0.454. The summed E-state index contributed by atoms with van der Waals surface area (Å²) in [5, 5.41) is 0. The number of nitrogens with zero attached hydrogens (tertiary/aromatic N) is 1. The van der Waals surface area contributed by atoms with Gasteiger partial charge in [-0.25, -0.2) is 0 Å². The first-order chi connectivity index (χ1) is 5.06. The van der Waals surface area contributed by atoms with Crippen molar-refractivity contribution in [2.24, 2.45) is 0 Å². The Morgan fingerprint density at radius 3 is 2.45 bits per heavy atom. The summed E-state index contributed by atoms with van der Waals surface area (Å²) in [6, 6.07) is 0. The van der Waals surface area contributed by atoms with Gasteiger partial charge in [0.15, 0.2) is 0 Å². The molecule has 0 rings (SSSR count). The van der Waals surface area contributed by atoms with Crippen LogP contribution in [0.3, 0.4) is 0 Å². The standard InChI is InChI=1S/C8H17NO2/c1-5-8(10)11-7(2)6-9(3)4/h7H,5-6H2,1-4H3/t7-/m1/s1. The van der Waals surface area contributed by atoms with Gasteiger partial charge in [-0.1, -0.05) is 6.92 Å². The first-order valence-electron chi connectivity index (χ1n) is 3.90. The van der Waals surface area contributed by atoms with Crippen LogP contribution in [0.1, 0.15) is 20.3 Å². The van der Waals surface area contributed by atoms with Crippen molar-refractivity contribution >= 4 is 5.97 Å². The molecule has 0 radical (unpaired) electrons. The van der Waals surface area contributed by atoms with E-state index in [4.69, 9.17) is 4.74 Å². The Morgan fingerprint density at radius 1 is 1.55 bits per heavy atom. The molecule has 3 nitrogen and oxygen atoms in total. The Kier molecular flexibility index (Phi) is 4.86. The number of likely N-dealkylation sites (N-methyl/N-ethyl adjacent to an activating group) is 1. The van der Waals surface area contributed by atoms with Crippen molar-refractivity contribution < 1.29 is 9.53 Å². The molecule has 0 spiro atoms. The van der Waals surface area contributed by atoms with Crippen LogP contribution < -0.4 is 0 Å². The van der Waals surface area contributed by atoms with E-state index in [0.717, 1.165) is 6.54 Å². The first-order valence-corrected chi connectivity index (χ1v) is 3.90. The zero-order chi connectivity index (χ0) is 8.85. The predicted molar refractivity (Wildman–Crippen MR) is 44.4 cm³/mol. The molecule has 0 heterocycles. The molecule has 0 bridgehead atoms. The molecule has 0 amide bonds. The Morgan fingerprint density at radius 2 is 2.09 bits per heavy atom. The molecule has 0 saturated carbocycles. The largest absolute Gasteiger partial charge is 0.461 e. The average molecular weight is 159 g/mol. The van der Waals surface area contributed by atoms with Crippen molar-refractivity contribution in [3.05, 3.63) is 0 Å². The Bertz CT molecular complexity index is 123. The fourth-order valence-electron chi connectivity index (χ4n) is 0.859. The molecular weight excluding hydrogens is 142 g/mol. The van der Waals surface area contributed by atoms with Crippen molar-refractivity contribution in [2.75, 3.05) is 20.6 Å². The molecule has 0 fully saturated rings. The van der Waals surface area contributed by atoms with Crippen molar-refractivity contribution in [3.63, 3.8) is 0 Å². The third-order valence-corrected chi connectivity index (χ3v) is 1.24. The van der Waals surface area contributed by atoms with E-state index >= 15 is 0 Å². The van der Waals surface area contributed by atoms with Gasteiger partial charge in [-0.3, -0.25) is 4.79 Å². The summed E-state index contributed by atoms with van der Waals surface area (Å²) in [5.41, 5.74) is 0. The SMILES string of the molecule is CCC(=O)O[C@H](C)CN(C)C. The Labute approximate surface area is 68.3 Å². The van der Waals surface area contributed by atoms with Gasteiger partial charge in [0.25, 0.3) is 0 Å². The highest BCUT2D eigenvalue weighted by Gasteiger charge is 2.07. The molecule has 0 aliphatic rings. The van der Waals surface area contributed by atoms with Gasteiger partial charge in [0.05, 0.1) is 0 Å². The Hall–Kier alpha value is -0.570. The highest BCUT2D eigenvalue weighted by molar-refractivity contribution is 5.69. The molecule has 0 aromatic rings. The molecule has 0 aromatic heterocycles. The van der Waals surface area contributed by atoms with E-state index < -0.39 is 0 Å². The van der Waals surface area contributed by atoms with Crippen molar-refractivity contribution in [1.82, 2.24) is 4.90 Å². The van der Waals surface area contributed by atoms with E-state index in [9.17, 15) is 4.79 Å². The maximum absolute atomic E-state index is 10.8. The second kappa shape index (κ2) is 5.13. The van der Waals surface area contributed by atoms with Gasteiger partial charge in [-0.15, -0.1) is 0 Å². The number of hydrogen-bond acceptors (Lipinski definition) is 3. The van der Waals surface area contributed by atoms with Crippen molar-refractivity contribution in [1.29, 1.82) is 0 Å². The summed E-state index contributed by atoms with van der Waals surface area (Å²) in [5.74, 6) is -0.126. The van der Waals surface area contributed by atoms with E-state index in [-0.39, 0.29) is 12.1 Å². The summed E-state index contributed by atoms with van der Waals surface area (Å²) in [6.45, 7) is 4.48. The van der Waals surface area contributed by atoms with Gasteiger partial charge in [-0.2, -0.15) is 0 Å². The topological polar surface area (TPSA) is 29.5 Å². The Balaban J connectivity index is 3.51. The average Bonchev–Trinajstić information content (AvgIpc) is 1.85. The molecule has 0 aromatic carbocycles. The predicted octanol–water partition coefficient (Wildman–Crippen LogP) is 0.890. The van der Waals surface area contributed by atoms with Crippen LogP contribution >= 0.6 is 0 Å². The van der Waals surface area contributed by atoms with Gasteiger partial charge >= 0.3 is 5.97 Å². The normalized spacial score (nSPS) is 13.2. The van der Waals surface area contributed by atoms with Gasteiger partial charge in [0.1, 0.15) is 6.10 Å². The van der Waals surface area contributed by atoms with Crippen LogP contribution in [0, 0.1) is 0 Å². The van der Waals surface area contributed by atoms with Gasteiger partial charge < -0.3 is 9.64 Å². The van der Waals surface area contributed by atoms with E-state index in [2.05, 4.69) is 0 Å². The summed E-state index contributed by atoms with van der Waals surface area (Å²) >= 11 is 0. The summed E-state index contributed by atoms with van der Waals surface area (Å²) in [4.78, 5) is 12.8. The van der Waals surface area contributed by atoms with Crippen LogP contribution in [0.4, 0.5) is 0 Å². The third-order valence-electron chi connectivity index (χ3n) is 1.24. The van der Waals surface area contributed by atoms with Crippen molar-refractivity contribution in [2.45, 2.75) is 26.4 Å². The van der Waals surface area contributed by atoms with E-state index in [1.807, 2.05) is 25.9 Å². The fraction of sp³-hybridized carbons (Fsp3) is 0.875. The molecule has 0 saturated heterocycles. The number of carbonyl (C=O) groups excluding carboxylic acids is 1. The van der Waals surface area contributed by atoms with E-state index in [1.165, 1.54) is 0 Å². The van der Waals surface area contributed by atoms with Crippen LogP contribution in [0.15, 0.2) is 0 Å². The summed E-state index contributed by atoms with van der Waals surface area (Å²) < 4.78 is 5.03. The maximum Gasteiger partial charge on any atom is 0.305 e. The molecule has 3 heteroatoms. The minimum Gasteiger partial charge on any atom is -0.461 e. The lowest BCUT2D eigenvalue weighted by molar-refractivity contribution is -0.148. The molecule has 0 aliphatic heterocycles. The van der Waals surface area contributed by atoms with E-state index in [0.29, 0.717) is 6.42 Å². The highest BCUT2D eigenvalue weighted by Crippen LogP contribution is 1.95. The lowest BCUT2D eigenvalue weighted by Gasteiger charge is -2.16. The zero-order valence-corrected chi connectivity index (χ0v) is 7.76. The minimum absolute atomic E-state index is 0.00236. The fourth-order valence-corrected chi connectivity index (χ4v) is 0.859. The molecule has 0 unspecified atom stereocenters. The van der Waals surface area contributed by atoms with Gasteiger partial charge in [0, 0.05) is 13.0 Å². The van der Waals surface area contributed by atoms with Crippen LogP contribution in [0.5, 0.6) is 0 Å². The smallest absolute Gasteiger partial charge is 0.305 e. The van der Waals surface area contributed by atoms with Crippen molar-refractivity contribution in [3.8, 4) is 0 Å². The number of hydrogen-bond donors (Lipinski definition) is 0. The number of carbonyl (C=O) groups is 1. The summed E-state index contributed by atoms with van der Waals surface area (Å²) in [7, 11) is 3.91. The number of ether oxygens (including phenoxy) is 1. The van der Waals surface area contributed by atoms with Crippen LogP contribution in [-0.4, -0.2) is 37.6 Å². The van der Waals surface area contributed by atoms with E-state index in [1.54, 1.807) is 6.92 Å². The lowest BCUT2D eigenvalue weighted by atomic mass is 10.4. The highest BCUT2D eigenvalue weighted by atomic mass is 16.5. The first kappa shape index (κ1) is 10.4. The molecule has 0 aliphatic carbocycles. The quantitative estimate of drug-likeness (QED) is 0.570.